The second-order valence-corrected chi connectivity index (χ2v) is 8.77. The molecule has 1 aromatic carbocycles. The molecule has 38 heavy (non-hydrogen) atoms. The molecule has 4 rings (SSSR count). The molecule has 1 unspecified atom stereocenters. The zero-order chi connectivity index (χ0) is 27.6. The van der Waals surface area contributed by atoms with Crippen LogP contribution in [0.25, 0.3) is 0 Å². The molecular weight excluding hydrogens is 501 g/mol. The number of carbonyl (C=O) groups excluding carboxylic acids is 4. The maximum Gasteiger partial charge on any atom is 0.526 e. The Morgan fingerprint density at radius 3 is 2.55 bits per heavy atom. The summed E-state index contributed by atoms with van der Waals surface area (Å²) in [6, 6.07) is 1.97. The molecule has 4 N–H and O–H groups in total. The average molecular weight is 525 g/mol. The number of ketones is 1. The molecule has 3 heterocycles. The van der Waals surface area contributed by atoms with Crippen molar-refractivity contribution in [3.05, 3.63) is 47.5 Å². The van der Waals surface area contributed by atoms with Gasteiger partial charge >= 0.3 is 30.9 Å². The van der Waals surface area contributed by atoms with Crippen LogP contribution < -0.4 is 9.97 Å². The van der Waals surface area contributed by atoms with E-state index in [-0.39, 0.29) is 48.8 Å². The van der Waals surface area contributed by atoms with Crippen LogP contribution in [0.15, 0.2) is 30.6 Å². The predicted molar refractivity (Wildman–Crippen MR) is 128 cm³/mol. The smallest absolute Gasteiger partial charge is 0.526 e. The van der Waals surface area contributed by atoms with Crippen LogP contribution in [0.1, 0.15) is 41.1 Å². The first-order valence-corrected chi connectivity index (χ1v) is 11.8. The van der Waals surface area contributed by atoms with Gasteiger partial charge in [0.25, 0.3) is 0 Å². The summed E-state index contributed by atoms with van der Waals surface area (Å²) in [4.78, 5) is 72.3. The van der Waals surface area contributed by atoms with Crippen LogP contribution >= 0.6 is 0 Å². The van der Waals surface area contributed by atoms with Crippen molar-refractivity contribution in [2.45, 2.75) is 31.6 Å². The van der Waals surface area contributed by atoms with Gasteiger partial charge < -0.3 is 30.1 Å². The number of amides is 4. The first kappa shape index (κ1) is 26.5. The van der Waals surface area contributed by atoms with Crippen molar-refractivity contribution < 1.29 is 43.9 Å². The SMILES string of the molecule is CCN1CCN(C(=O)NC(C(=O)C[C@H]2Cc3cccc(C(=O)O)c3OB2O)c2ncc(O)cn2)C(=O)C1=O. The average Bonchev–Trinajstić information content (AvgIpc) is 2.89. The molecule has 2 aromatic rings. The number of urea groups is 1. The van der Waals surface area contributed by atoms with Gasteiger partial charge in [-0.25, -0.2) is 19.6 Å². The Morgan fingerprint density at radius 2 is 1.89 bits per heavy atom. The van der Waals surface area contributed by atoms with Gasteiger partial charge in [-0.05, 0) is 25.0 Å². The molecular formula is C23H24BN5O9. The summed E-state index contributed by atoms with van der Waals surface area (Å²) in [5.41, 5.74) is 0.351. The van der Waals surface area contributed by atoms with Crippen LogP contribution in [-0.2, 0) is 20.8 Å². The summed E-state index contributed by atoms with van der Waals surface area (Å²) in [6.07, 6.45) is 1.80. The van der Waals surface area contributed by atoms with Gasteiger partial charge in [-0.3, -0.25) is 19.3 Å². The Kier molecular flexibility index (Phi) is 7.57. The number of carbonyl (C=O) groups is 5. The number of imide groups is 1. The minimum Gasteiger partial charge on any atom is -0.535 e. The first-order valence-electron chi connectivity index (χ1n) is 11.8. The van der Waals surface area contributed by atoms with Crippen molar-refractivity contribution in [1.82, 2.24) is 25.1 Å². The van der Waals surface area contributed by atoms with Crippen molar-refractivity contribution in [3.63, 3.8) is 0 Å². The number of rotatable bonds is 7. The van der Waals surface area contributed by atoms with Crippen LogP contribution in [0.5, 0.6) is 11.5 Å². The normalized spacial score (nSPS) is 17.9. The molecule has 1 fully saturated rings. The number of fused-ring (bicyclic) bond motifs is 1. The highest BCUT2D eigenvalue weighted by atomic mass is 16.5. The third-order valence-electron chi connectivity index (χ3n) is 6.36. The minimum atomic E-state index is -1.52. The van der Waals surface area contributed by atoms with E-state index in [9.17, 15) is 39.2 Å². The minimum absolute atomic E-state index is 0.0114. The molecule has 0 saturated carbocycles. The van der Waals surface area contributed by atoms with Crippen molar-refractivity contribution >= 4 is 36.7 Å². The molecule has 0 spiro atoms. The van der Waals surface area contributed by atoms with Gasteiger partial charge in [0.1, 0.15) is 11.8 Å². The van der Waals surface area contributed by atoms with Crippen LogP contribution in [0, 0.1) is 0 Å². The standard InChI is InChI=1S/C23H24BN5O9/c1-2-28-6-7-29(21(33)20(28)32)23(36)27-17(19-25-10-14(30)11-26-19)16(31)9-13-8-12-4-3-5-15(22(34)35)18(12)38-24(13)37/h3-5,10-11,13,17,30,37H,2,6-9H2,1H3,(H,27,36)(H,34,35)/t13-,17?/m1/s1. The number of para-hydroxylation sites is 1. The fourth-order valence-electron chi connectivity index (χ4n) is 4.34. The molecule has 2 atom stereocenters. The number of Topliss-reactive ketones (excluding diaryl/α,β-unsaturated/α-hetero) is 1. The van der Waals surface area contributed by atoms with Crippen molar-refractivity contribution in [2.24, 2.45) is 0 Å². The number of hydrogen-bond donors (Lipinski definition) is 4. The topological polar surface area (TPSA) is 200 Å². The van der Waals surface area contributed by atoms with Crippen LogP contribution in [0.2, 0.25) is 5.82 Å². The van der Waals surface area contributed by atoms with Crippen molar-refractivity contribution in [3.8, 4) is 11.5 Å². The Morgan fingerprint density at radius 1 is 1.18 bits per heavy atom. The van der Waals surface area contributed by atoms with Gasteiger partial charge in [0.2, 0.25) is 0 Å². The highest BCUT2D eigenvalue weighted by Crippen LogP contribution is 2.37. The molecule has 2 aliphatic rings. The highest BCUT2D eigenvalue weighted by Gasteiger charge is 2.41. The number of aromatic hydroxyl groups is 1. The van der Waals surface area contributed by atoms with E-state index in [4.69, 9.17) is 4.65 Å². The summed E-state index contributed by atoms with van der Waals surface area (Å²) in [5, 5.41) is 31.9. The molecule has 0 radical (unpaired) electrons. The van der Waals surface area contributed by atoms with Gasteiger partial charge in [0, 0.05) is 31.9 Å². The van der Waals surface area contributed by atoms with Gasteiger partial charge in [-0.2, -0.15) is 0 Å². The quantitative estimate of drug-likeness (QED) is 0.275. The van der Waals surface area contributed by atoms with E-state index >= 15 is 0 Å². The van der Waals surface area contributed by atoms with E-state index in [1.165, 1.54) is 17.0 Å². The number of carboxylic acid groups (broad SMARTS) is 1. The van der Waals surface area contributed by atoms with E-state index in [0.717, 1.165) is 12.4 Å². The summed E-state index contributed by atoms with van der Waals surface area (Å²) in [6.45, 7) is 2.04. The van der Waals surface area contributed by atoms with E-state index in [1.54, 1.807) is 13.0 Å². The molecule has 4 amide bonds. The molecule has 14 nitrogen and oxygen atoms in total. The Bertz CT molecular complexity index is 1290. The second kappa shape index (κ2) is 10.8. The molecule has 0 bridgehead atoms. The number of nitrogens with one attached hydrogen (secondary N) is 1. The lowest BCUT2D eigenvalue weighted by Gasteiger charge is -2.32. The fraction of sp³-hybridized carbons (Fsp3) is 0.348. The van der Waals surface area contributed by atoms with Gasteiger partial charge in [-0.15, -0.1) is 0 Å². The van der Waals surface area contributed by atoms with E-state index in [1.807, 2.05) is 0 Å². The predicted octanol–water partition coefficient (Wildman–Crippen LogP) is -0.233. The molecule has 2 aliphatic heterocycles. The maximum absolute atomic E-state index is 13.4. The van der Waals surface area contributed by atoms with Gasteiger partial charge in [0.15, 0.2) is 17.4 Å². The van der Waals surface area contributed by atoms with E-state index in [2.05, 4.69) is 15.3 Å². The molecule has 0 aliphatic carbocycles. The van der Waals surface area contributed by atoms with Crippen molar-refractivity contribution in [2.75, 3.05) is 19.6 Å². The number of likely N-dealkylation sites (N-methyl/N-ethyl adjacent to an activating group) is 1. The number of piperazine rings is 1. The number of nitrogens with zero attached hydrogens (tertiary/aromatic N) is 4. The number of aromatic nitrogens is 2. The van der Waals surface area contributed by atoms with E-state index in [0.29, 0.717) is 17.0 Å². The summed E-state index contributed by atoms with van der Waals surface area (Å²) >= 11 is 0. The van der Waals surface area contributed by atoms with Gasteiger partial charge in [0.05, 0.1) is 18.0 Å². The third kappa shape index (κ3) is 5.27. The molecule has 1 saturated heterocycles. The monoisotopic (exact) mass is 525 g/mol. The summed E-state index contributed by atoms with van der Waals surface area (Å²) in [5.74, 6) is -5.06. The Labute approximate surface area is 216 Å². The number of carboxylic acids is 1. The number of benzene rings is 1. The molecule has 198 valence electrons. The first-order chi connectivity index (χ1) is 18.1. The van der Waals surface area contributed by atoms with Crippen molar-refractivity contribution in [1.29, 1.82) is 0 Å². The van der Waals surface area contributed by atoms with Crippen LogP contribution in [0.3, 0.4) is 0 Å². The number of hydrogen-bond acceptors (Lipinski definition) is 10. The summed E-state index contributed by atoms with van der Waals surface area (Å²) < 4.78 is 5.44. The Hall–Kier alpha value is -4.53. The lowest BCUT2D eigenvalue weighted by molar-refractivity contribution is -0.153. The summed E-state index contributed by atoms with van der Waals surface area (Å²) in [7, 11) is -1.52. The van der Waals surface area contributed by atoms with Gasteiger partial charge in [-0.1, -0.05) is 12.1 Å². The second-order valence-electron chi connectivity index (χ2n) is 8.77. The van der Waals surface area contributed by atoms with E-state index < -0.39 is 48.6 Å². The molecule has 15 heteroatoms. The lowest BCUT2D eigenvalue weighted by Crippen LogP contribution is -2.58. The zero-order valence-corrected chi connectivity index (χ0v) is 20.2. The van der Waals surface area contributed by atoms with Crippen LogP contribution in [0.4, 0.5) is 4.79 Å². The largest absolute Gasteiger partial charge is 0.535 e. The number of aromatic carboxylic acids is 1. The Balaban J connectivity index is 1.54. The molecule has 1 aromatic heterocycles. The van der Waals surface area contributed by atoms with Crippen LogP contribution in [-0.4, -0.2) is 91.4 Å². The maximum atomic E-state index is 13.4. The third-order valence-corrected chi connectivity index (χ3v) is 6.36. The fourth-order valence-corrected chi connectivity index (χ4v) is 4.34. The highest BCUT2D eigenvalue weighted by molar-refractivity contribution is 6.47. The zero-order valence-electron chi connectivity index (χ0n) is 20.2. The lowest BCUT2D eigenvalue weighted by atomic mass is 9.64.